The summed E-state index contributed by atoms with van der Waals surface area (Å²) >= 11 is 6.27. The second kappa shape index (κ2) is 6.69. The Hall–Kier alpha value is -1.46. The molecule has 136 valence electrons. The van der Waals surface area contributed by atoms with Crippen LogP contribution < -0.4 is 4.90 Å². The number of anilines is 1. The Bertz CT molecular complexity index is 650. The van der Waals surface area contributed by atoms with Crippen LogP contribution in [0.4, 0.5) is 10.5 Å². The van der Waals surface area contributed by atoms with E-state index in [2.05, 4.69) is 28.0 Å². The zero-order valence-corrected chi connectivity index (χ0v) is 15.4. The van der Waals surface area contributed by atoms with Gasteiger partial charge in [0.25, 0.3) is 0 Å². The summed E-state index contributed by atoms with van der Waals surface area (Å²) in [4.78, 5) is 16.2. The average molecular weight is 365 g/mol. The zero-order valence-electron chi connectivity index (χ0n) is 14.7. The van der Waals surface area contributed by atoms with Crippen molar-refractivity contribution in [2.75, 3.05) is 37.7 Å². The minimum Gasteiger partial charge on any atom is -0.430 e. The summed E-state index contributed by atoms with van der Waals surface area (Å²) in [7, 11) is 0. The van der Waals surface area contributed by atoms with Crippen LogP contribution in [0.25, 0.3) is 0 Å². The van der Waals surface area contributed by atoms with Gasteiger partial charge in [0, 0.05) is 55.8 Å². The molecule has 0 unspecified atom stereocenters. The monoisotopic (exact) mass is 364 g/mol. The van der Waals surface area contributed by atoms with E-state index < -0.39 is 6.16 Å². The molecule has 3 heterocycles. The molecule has 1 spiro atoms. The number of hydrogen-bond donors (Lipinski definition) is 0. The van der Waals surface area contributed by atoms with Gasteiger partial charge in [-0.25, -0.2) is 4.79 Å². The molecule has 0 N–H and O–H groups in total. The fourth-order valence-electron chi connectivity index (χ4n) is 4.24. The number of carbonyl (C=O) groups is 1. The van der Waals surface area contributed by atoms with Crippen LogP contribution in [-0.4, -0.2) is 55.5 Å². The molecule has 6 heteroatoms. The summed E-state index contributed by atoms with van der Waals surface area (Å²) in [5.74, 6) is 0. The molecule has 1 aromatic rings. The first kappa shape index (κ1) is 17.0. The smallest absolute Gasteiger partial charge is 0.430 e. The molecule has 3 aliphatic rings. The third kappa shape index (κ3) is 3.44. The lowest BCUT2D eigenvalue weighted by Gasteiger charge is -2.44. The Labute approximate surface area is 153 Å². The van der Waals surface area contributed by atoms with Gasteiger partial charge >= 0.3 is 6.16 Å². The number of nitrogens with zero attached hydrogens (tertiary/aromatic N) is 2. The van der Waals surface area contributed by atoms with E-state index in [9.17, 15) is 4.79 Å². The molecular weight excluding hydrogens is 340 g/mol. The number of rotatable bonds is 2. The number of hydrogen-bond acceptors (Lipinski definition) is 5. The standard InChI is InChI=1S/C19H25ClN2O3/c1-14-2-3-16(12-17(14)20)21-8-4-15(5-9-21)22-10-6-19(7-11-22)13-24-18(23)25-19/h2-3,12,15H,4-11,13H2,1H3. The van der Waals surface area contributed by atoms with Crippen LogP contribution in [0.3, 0.4) is 0 Å². The number of likely N-dealkylation sites (tertiary alicyclic amines) is 1. The quantitative estimate of drug-likeness (QED) is 0.750. The van der Waals surface area contributed by atoms with Crippen molar-refractivity contribution in [3.8, 4) is 0 Å². The topological polar surface area (TPSA) is 42.0 Å². The Morgan fingerprint density at radius 2 is 1.88 bits per heavy atom. The average Bonchev–Trinajstić information content (AvgIpc) is 2.99. The zero-order chi connectivity index (χ0) is 17.4. The summed E-state index contributed by atoms with van der Waals surface area (Å²) in [6.45, 7) is 6.55. The first-order valence-electron chi connectivity index (χ1n) is 9.16. The van der Waals surface area contributed by atoms with E-state index in [1.165, 1.54) is 5.69 Å². The van der Waals surface area contributed by atoms with Crippen molar-refractivity contribution in [2.45, 2.75) is 44.2 Å². The predicted molar refractivity (Wildman–Crippen MR) is 97.4 cm³/mol. The van der Waals surface area contributed by atoms with Gasteiger partial charge in [-0.3, -0.25) is 4.90 Å². The van der Waals surface area contributed by atoms with Crippen LogP contribution in [0.1, 0.15) is 31.2 Å². The molecular formula is C19H25ClN2O3. The maximum absolute atomic E-state index is 11.2. The van der Waals surface area contributed by atoms with Gasteiger partial charge in [-0.15, -0.1) is 0 Å². The van der Waals surface area contributed by atoms with E-state index >= 15 is 0 Å². The molecule has 0 bridgehead atoms. The lowest BCUT2D eigenvalue weighted by Crippen LogP contribution is -2.52. The molecule has 3 fully saturated rings. The van der Waals surface area contributed by atoms with E-state index in [4.69, 9.17) is 21.1 Å². The summed E-state index contributed by atoms with van der Waals surface area (Å²) < 4.78 is 10.4. The van der Waals surface area contributed by atoms with Gasteiger partial charge in [0.1, 0.15) is 6.61 Å². The van der Waals surface area contributed by atoms with Crippen molar-refractivity contribution in [2.24, 2.45) is 0 Å². The number of ether oxygens (including phenoxy) is 2. The Morgan fingerprint density at radius 3 is 2.48 bits per heavy atom. The van der Waals surface area contributed by atoms with E-state index in [-0.39, 0.29) is 5.60 Å². The van der Waals surface area contributed by atoms with Gasteiger partial charge in [0.2, 0.25) is 0 Å². The van der Waals surface area contributed by atoms with Crippen molar-refractivity contribution in [3.05, 3.63) is 28.8 Å². The SMILES string of the molecule is Cc1ccc(N2CCC(N3CCC4(CC3)COC(=O)O4)CC2)cc1Cl. The number of piperidine rings is 2. The number of benzene rings is 1. The third-order valence-electron chi connectivity index (χ3n) is 5.96. The lowest BCUT2D eigenvalue weighted by atomic mass is 9.90. The van der Waals surface area contributed by atoms with Crippen molar-refractivity contribution < 1.29 is 14.3 Å². The largest absolute Gasteiger partial charge is 0.509 e. The normalized spacial score (nSPS) is 24.4. The van der Waals surface area contributed by atoms with E-state index in [0.29, 0.717) is 12.6 Å². The van der Waals surface area contributed by atoms with Gasteiger partial charge < -0.3 is 14.4 Å². The molecule has 0 amide bonds. The molecule has 4 rings (SSSR count). The summed E-state index contributed by atoms with van der Waals surface area (Å²) in [5, 5.41) is 0.842. The minimum absolute atomic E-state index is 0.354. The Balaban J connectivity index is 1.30. The van der Waals surface area contributed by atoms with E-state index in [1.807, 2.05) is 6.92 Å². The highest BCUT2D eigenvalue weighted by Gasteiger charge is 2.45. The van der Waals surface area contributed by atoms with E-state index in [0.717, 1.165) is 62.4 Å². The van der Waals surface area contributed by atoms with Crippen LogP contribution in [0.2, 0.25) is 5.02 Å². The lowest BCUT2D eigenvalue weighted by molar-refractivity contribution is -0.0133. The second-order valence-corrected chi connectivity index (χ2v) is 7.92. The fraction of sp³-hybridized carbons (Fsp3) is 0.632. The van der Waals surface area contributed by atoms with E-state index in [1.54, 1.807) is 0 Å². The van der Waals surface area contributed by atoms with Crippen LogP contribution in [0.15, 0.2) is 18.2 Å². The molecule has 1 aromatic carbocycles. The number of halogens is 1. The van der Waals surface area contributed by atoms with Crippen molar-refractivity contribution >= 4 is 23.4 Å². The molecule has 0 aromatic heterocycles. The Morgan fingerprint density at radius 1 is 1.16 bits per heavy atom. The summed E-state index contributed by atoms with van der Waals surface area (Å²) in [5.41, 5.74) is 1.99. The summed E-state index contributed by atoms with van der Waals surface area (Å²) in [6.07, 6.45) is 3.58. The molecule has 3 aliphatic heterocycles. The fourth-order valence-corrected chi connectivity index (χ4v) is 4.41. The van der Waals surface area contributed by atoms with Gasteiger partial charge in [0.15, 0.2) is 5.60 Å². The van der Waals surface area contributed by atoms with Gasteiger partial charge in [-0.2, -0.15) is 0 Å². The predicted octanol–water partition coefficient (Wildman–Crippen LogP) is 3.62. The molecule has 25 heavy (non-hydrogen) atoms. The first-order chi connectivity index (χ1) is 12.0. The minimum atomic E-state index is -0.501. The van der Waals surface area contributed by atoms with Crippen molar-refractivity contribution in [3.63, 3.8) is 0 Å². The van der Waals surface area contributed by atoms with Crippen LogP contribution in [-0.2, 0) is 9.47 Å². The first-order valence-corrected chi connectivity index (χ1v) is 9.53. The Kier molecular flexibility index (Phi) is 4.54. The van der Waals surface area contributed by atoms with Crippen LogP contribution >= 0.6 is 11.6 Å². The van der Waals surface area contributed by atoms with Crippen LogP contribution in [0, 0.1) is 6.92 Å². The van der Waals surface area contributed by atoms with Crippen molar-refractivity contribution in [1.29, 1.82) is 0 Å². The number of aryl methyl sites for hydroxylation is 1. The van der Waals surface area contributed by atoms with Gasteiger partial charge in [-0.1, -0.05) is 17.7 Å². The highest BCUT2D eigenvalue weighted by molar-refractivity contribution is 6.31. The molecule has 0 atom stereocenters. The maximum atomic E-state index is 11.2. The van der Waals surface area contributed by atoms with Crippen molar-refractivity contribution in [1.82, 2.24) is 4.90 Å². The van der Waals surface area contributed by atoms with Gasteiger partial charge in [-0.05, 0) is 37.5 Å². The molecule has 0 saturated carbocycles. The highest BCUT2D eigenvalue weighted by Crippen LogP contribution is 2.34. The number of carbonyl (C=O) groups excluding carboxylic acids is 1. The van der Waals surface area contributed by atoms with Crippen LogP contribution in [0.5, 0.6) is 0 Å². The molecule has 3 saturated heterocycles. The third-order valence-corrected chi connectivity index (χ3v) is 6.37. The molecule has 5 nitrogen and oxygen atoms in total. The highest BCUT2D eigenvalue weighted by atomic mass is 35.5. The summed E-state index contributed by atoms with van der Waals surface area (Å²) in [6, 6.07) is 6.96. The molecule has 0 radical (unpaired) electrons. The maximum Gasteiger partial charge on any atom is 0.509 e. The molecule has 0 aliphatic carbocycles. The second-order valence-electron chi connectivity index (χ2n) is 7.51. The van der Waals surface area contributed by atoms with Gasteiger partial charge in [0.05, 0.1) is 0 Å². The number of cyclic esters (lactones) is 1.